The number of nitrogens with one attached hydrogen (secondary N) is 1. The Labute approximate surface area is 119 Å². The van der Waals surface area contributed by atoms with E-state index in [4.69, 9.17) is 4.74 Å². The number of nitrogens with zero attached hydrogens (tertiary/aromatic N) is 2. The number of aryl methyl sites for hydroxylation is 2. The minimum atomic E-state index is -0.267. The van der Waals surface area contributed by atoms with Crippen molar-refractivity contribution >= 4 is 27.5 Å². The van der Waals surface area contributed by atoms with Gasteiger partial charge < -0.3 is 10.1 Å². The van der Waals surface area contributed by atoms with Gasteiger partial charge in [-0.15, -0.1) is 0 Å². The zero-order valence-electron chi connectivity index (χ0n) is 10.9. The Morgan fingerprint density at radius 3 is 2.68 bits per heavy atom. The van der Waals surface area contributed by atoms with Gasteiger partial charge >= 0.3 is 0 Å². The molecule has 0 fully saturated rings. The molecule has 2 aromatic rings. The monoisotopic (exact) mass is 323 g/mol. The highest BCUT2D eigenvalue weighted by molar-refractivity contribution is 9.10. The van der Waals surface area contributed by atoms with Crippen molar-refractivity contribution in [1.82, 2.24) is 9.78 Å². The maximum absolute atomic E-state index is 12.1. The van der Waals surface area contributed by atoms with Gasteiger partial charge in [0.1, 0.15) is 0 Å². The summed E-state index contributed by atoms with van der Waals surface area (Å²) in [5, 5.41) is 6.89. The lowest BCUT2D eigenvalue weighted by atomic mass is 10.2. The van der Waals surface area contributed by atoms with Crippen LogP contribution in [0, 0.1) is 6.92 Å². The molecule has 1 aromatic carbocycles. The van der Waals surface area contributed by atoms with E-state index in [1.54, 1.807) is 13.1 Å². The first kappa shape index (κ1) is 13.6. The number of rotatable bonds is 3. The first-order valence-electron chi connectivity index (χ1n) is 5.66. The van der Waals surface area contributed by atoms with Gasteiger partial charge in [-0.1, -0.05) is 15.9 Å². The standard InChI is InChI=1S/C13H14BrN3O2/c1-8-4-9(14)6-10(5-8)15-13(18)11-7-12(19-3)17(2)16-11/h4-7H,1-3H3,(H,15,18). The van der Waals surface area contributed by atoms with Gasteiger partial charge in [-0.2, -0.15) is 5.10 Å². The van der Waals surface area contributed by atoms with Gasteiger partial charge in [0.2, 0.25) is 5.88 Å². The third-order valence-electron chi connectivity index (χ3n) is 2.58. The Morgan fingerprint density at radius 1 is 1.37 bits per heavy atom. The molecule has 0 radical (unpaired) electrons. The van der Waals surface area contributed by atoms with Crippen molar-refractivity contribution < 1.29 is 9.53 Å². The second-order valence-electron chi connectivity index (χ2n) is 4.17. The van der Waals surface area contributed by atoms with E-state index in [-0.39, 0.29) is 5.91 Å². The minimum absolute atomic E-state index is 0.267. The third kappa shape index (κ3) is 3.14. The highest BCUT2D eigenvalue weighted by Gasteiger charge is 2.13. The Hall–Kier alpha value is -1.82. The molecular formula is C13H14BrN3O2. The summed E-state index contributed by atoms with van der Waals surface area (Å²) in [4.78, 5) is 12.1. The Balaban J connectivity index is 2.20. The molecule has 1 aromatic heterocycles. The molecule has 0 saturated heterocycles. The van der Waals surface area contributed by atoms with Crippen LogP contribution < -0.4 is 10.1 Å². The van der Waals surface area contributed by atoms with E-state index in [0.29, 0.717) is 11.6 Å². The van der Waals surface area contributed by atoms with Gasteiger partial charge in [0.15, 0.2) is 5.69 Å². The molecule has 1 amide bonds. The molecule has 2 rings (SSSR count). The molecule has 1 heterocycles. The molecule has 0 atom stereocenters. The maximum Gasteiger partial charge on any atom is 0.276 e. The second kappa shape index (κ2) is 5.44. The van der Waals surface area contributed by atoms with Gasteiger partial charge in [0.05, 0.1) is 7.11 Å². The molecule has 19 heavy (non-hydrogen) atoms. The molecular weight excluding hydrogens is 310 g/mol. The van der Waals surface area contributed by atoms with Crippen LogP contribution in [-0.2, 0) is 7.05 Å². The third-order valence-corrected chi connectivity index (χ3v) is 3.04. The molecule has 6 heteroatoms. The summed E-state index contributed by atoms with van der Waals surface area (Å²) in [5.74, 6) is 0.270. The van der Waals surface area contributed by atoms with Crippen molar-refractivity contribution in [2.24, 2.45) is 7.05 Å². The highest BCUT2D eigenvalue weighted by atomic mass is 79.9. The quantitative estimate of drug-likeness (QED) is 0.944. The molecule has 5 nitrogen and oxygen atoms in total. The molecule has 0 bridgehead atoms. The van der Waals surface area contributed by atoms with Gasteiger partial charge in [-0.05, 0) is 30.7 Å². The van der Waals surface area contributed by atoms with Crippen molar-refractivity contribution in [1.29, 1.82) is 0 Å². The Bertz CT molecular complexity index is 602. The minimum Gasteiger partial charge on any atom is -0.481 e. The number of hydrogen-bond acceptors (Lipinski definition) is 3. The number of hydrogen-bond donors (Lipinski definition) is 1. The lowest BCUT2D eigenvalue weighted by molar-refractivity contribution is 0.102. The van der Waals surface area contributed by atoms with E-state index < -0.39 is 0 Å². The van der Waals surface area contributed by atoms with Crippen LogP contribution in [0.5, 0.6) is 5.88 Å². The van der Waals surface area contributed by atoms with Crippen molar-refractivity contribution in [3.8, 4) is 5.88 Å². The number of halogens is 1. The summed E-state index contributed by atoms with van der Waals surface area (Å²) in [7, 11) is 3.26. The molecule has 0 aliphatic heterocycles. The molecule has 0 aliphatic rings. The van der Waals surface area contributed by atoms with E-state index in [1.165, 1.54) is 11.8 Å². The number of amides is 1. The Morgan fingerprint density at radius 2 is 2.11 bits per heavy atom. The lowest BCUT2D eigenvalue weighted by Crippen LogP contribution is -2.13. The van der Waals surface area contributed by atoms with Crippen LogP contribution in [0.2, 0.25) is 0 Å². The van der Waals surface area contributed by atoms with Gasteiger partial charge in [0, 0.05) is 23.3 Å². The molecule has 0 unspecified atom stereocenters. The van der Waals surface area contributed by atoms with Crippen molar-refractivity contribution in [2.75, 3.05) is 12.4 Å². The molecule has 1 N–H and O–H groups in total. The molecule has 0 saturated carbocycles. The van der Waals surface area contributed by atoms with Crippen LogP contribution in [0.25, 0.3) is 0 Å². The lowest BCUT2D eigenvalue weighted by Gasteiger charge is -2.05. The Kier molecular flexibility index (Phi) is 3.90. The van der Waals surface area contributed by atoms with Crippen molar-refractivity contribution in [3.05, 3.63) is 40.0 Å². The van der Waals surface area contributed by atoms with E-state index in [9.17, 15) is 4.79 Å². The van der Waals surface area contributed by atoms with E-state index in [2.05, 4.69) is 26.3 Å². The van der Waals surface area contributed by atoms with Crippen molar-refractivity contribution in [2.45, 2.75) is 6.92 Å². The zero-order valence-corrected chi connectivity index (χ0v) is 12.5. The summed E-state index contributed by atoms with van der Waals surface area (Å²) in [5.41, 5.74) is 2.10. The first-order chi connectivity index (χ1) is 8.99. The fourth-order valence-electron chi connectivity index (χ4n) is 1.76. The zero-order chi connectivity index (χ0) is 14.0. The fourth-order valence-corrected chi connectivity index (χ4v) is 2.36. The van der Waals surface area contributed by atoms with Crippen LogP contribution >= 0.6 is 15.9 Å². The predicted molar refractivity (Wildman–Crippen MR) is 76.6 cm³/mol. The first-order valence-corrected chi connectivity index (χ1v) is 6.45. The van der Waals surface area contributed by atoms with Gasteiger partial charge in [-0.3, -0.25) is 4.79 Å². The van der Waals surface area contributed by atoms with Crippen molar-refractivity contribution in [3.63, 3.8) is 0 Å². The maximum atomic E-state index is 12.1. The smallest absolute Gasteiger partial charge is 0.276 e. The predicted octanol–water partition coefficient (Wildman–Crippen LogP) is 2.75. The van der Waals surface area contributed by atoms with Gasteiger partial charge in [0.25, 0.3) is 5.91 Å². The summed E-state index contributed by atoms with van der Waals surface area (Å²) in [6.45, 7) is 1.96. The topological polar surface area (TPSA) is 56.1 Å². The van der Waals surface area contributed by atoms with E-state index >= 15 is 0 Å². The number of carbonyl (C=O) groups excluding carboxylic acids is 1. The number of anilines is 1. The highest BCUT2D eigenvalue weighted by Crippen LogP contribution is 2.20. The summed E-state index contributed by atoms with van der Waals surface area (Å²) >= 11 is 3.40. The normalized spacial score (nSPS) is 10.3. The number of ether oxygens (including phenoxy) is 1. The number of benzene rings is 1. The number of carbonyl (C=O) groups is 1. The fraction of sp³-hybridized carbons (Fsp3) is 0.231. The SMILES string of the molecule is COc1cc(C(=O)Nc2cc(C)cc(Br)c2)nn1C. The van der Waals surface area contributed by atoms with E-state index in [0.717, 1.165) is 15.7 Å². The molecule has 0 spiro atoms. The summed E-state index contributed by atoms with van der Waals surface area (Å²) in [6.07, 6.45) is 0. The largest absolute Gasteiger partial charge is 0.481 e. The van der Waals surface area contributed by atoms with E-state index in [1.807, 2.05) is 25.1 Å². The average molecular weight is 324 g/mol. The second-order valence-corrected chi connectivity index (χ2v) is 5.08. The molecule has 0 aliphatic carbocycles. The van der Waals surface area contributed by atoms with Crippen LogP contribution in [0.15, 0.2) is 28.7 Å². The number of methoxy groups -OCH3 is 1. The van der Waals surface area contributed by atoms with Crippen LogP contribution in [0.1, 0.15) is 16.1 Å². The van der Waals surface area contributed by atoms with Gasteiger partial charge in [-0.25, -0.2) is 4.68 Å². The van der Waals surface area contributed by atoms with Crippen LogP contribution in [0.3, 0.4) is 0 Å². The van der Waals surface area contributed by atoms with Crippen LogP contribution in [0.4, 0.5) is 5.69 Å². The van der Waals surface area contributed by atoms with Crippen LogP contribution in [-0.4, -0.2) is 22.8 Å². The average Bonchev–Trinajstić information content (AvgIpc) is 2.69. The number of aromatic nitrogens is 2. The summed E-state index contributed by atoms with van der Waals surface area (Å²) in [6, 6.07) is 7.30. The summed E-state index contributed by atoms with van der Waals surface area (Å²) < 4.78 is 7.51. The molecule has 100 valence electrons.